The Kier molecular flexibility index (Phi) is 73.1. The molecule has 0 aromatic rings. The van der Waals surface area contributed by atoms with E-state index in [1.54, 1.807) is 0 Å². The maximum Gasteiger partial charge on any atom is 0.306 e. The quantitative estimate of drug-likeness (QED) is 0.0195. The normalized spacial score (nSPS) is 13.5. The van der Waals surface area contributed by atoms with Crippen LogP contribution in [0.2, 0.25) is 0 Å². The van der Waals surface area contributed by atoms with Crippen LogP contribution < -0.4 is 5.11 Å². The van der Waals surface area contributed by atoms with Gasteiger partial charge in [-0.05, 0) is 122 Å². The zero-order valence-electron chi connectivity index (χ0n) is 63.4. The SMILES string of the molecule is CC/C=C\C/C=C\C/C=C\C/C=C\C/C=C\C/C=C\C/C=C\C/C=C\C/C=C\C/C=C\CCCCCCC(=O)OC(COC(=O)CCCCCCCCCCCCCCCCCCCCCCCCCCC/C=C\C/C=C\CCCCCCC)COC(OCC[N+](C)(C)C)C(=O)[O-]. The van der Waals surface area contributed by atoms with Gasteiger partial charge < -0.3 is 33.3 Å². The molecule has 0 bridgehead atoms. The van der Waals surface area contributed by atoms with Crippen LogP contribution in [-0.4, -0.2) is 82.3 Å². The summed E-state index contributed by atoms with van der Waals surface area (Å²) in [6, 6.07) is 0. The molecule has 0 amide bonds. The van der Waals surface area contributed by atoms with Crippen LogP contribution in [0.4, 0.5) is 0 Å². The lowest BCUT2D eigenvalue weighted by Crippen LogP contribution is -2.44. The number of rotatable bonds is 73. The number of aliphatic carboxylic acids is 1. The summed E-state index contributed by atoms with van der Waals surface area (Å²) in [5, 5.41) is 11.9. The highest BCUT2D eigenvalue weighted by Gasteiger charge is 2.22. The first-order chi connectivity index (χ1) is 47.6. The summed E-state index contributed by atoms with van der Waals surface area (Å²) in [5.74, 6) is -2.32. The third-order valence-corrected chi connectivity index (χ3v) is 17.1. The fraction of sp³-hybridized carbons (Fsp3) is 0.693. The third kappa shape index (κ3) is 78.4. The second-order valence-electron chi connectivity index (χ2n) is 27.6. The van der Waals surface area contributed by atoms with Gasteiger partial charge in [-0.1, -0.05) is 346 Å². The predicted molar refractivity (Wildman–Crippen MR) is 416 cm³/mol. The summed E-state index contributed by atoms with van der Waals surface area (Å²) < 4.78 is 22.8. The maximum absolute atomic E-state index is 13.0. The van der Waals surface area contributed by atoms with Gasteiger partial charge in [-0.15, -0.1) is 0 Å². The average Bonchev–Trinajstić information content (AvgIpc) is 3.74. The zero-order chi connectivity index (χ0) is 70.4. The van der Waals surface area contributed by atoms with E-state index in [-0.39, 0.29) is 38.6 Å². The molecule has 0 radical (unpaired) electrons. The fourth-order valence-electron chi connectivity index (χ4n) is 11.0. The third-order valence-electron chi connectivity index (χ3n) is 17.1. The van der Waals surface area contributed by atoms with E-state index in [9.17, 15) is 19.5 Å². The van der Waals surface area contributed by atoms with Gasteiger partial charge in [0.2, 0.25) is 0 Å². The van der Waals surface area contributed by atoms with Crippen LogP contribution in [0.25, 0.3) is 0 Å². The number of allylic oxidation sites excluding steroid dienone is 24. The van der Waals surface area contributed by atoms with Crippen molar-refractivity contribution in [2.24, 2.45) is 0 Å². The van der Waals surface area contributed by atoms with Crippen molar-refractivity contribution in [3.05, 3.63) is 146 Å². The number of carboxylic acid groups (broad SMARTS) is 1. The summed E-state index contributed by atoms with van der Waals surface area (Å²) in [6.45, 7) is 4.61. The van der Waals surface area contributed by atoms with Crippen LogP contribution in [0, 0.1) is 0 Å². The van der Waals surface area contributed by atoms with E-state index >= 15 is 0 Å². The van der Waals surface area contributed by atoms with Crippen molar-refractivity contribution in [3.8, 4) is 0 Å². The maximum atomic E-state index is 13.0. The first kappa shape index (κ1) is 92.2. The van der Waals surface area contributed by atoms with Gasteiger partial charge in [-0.2, -0.15) is 0 Å². The van der Waals surface area contributed by atoms with E-state index in [4.69, 9.17) is 18.9 Å². The number of unbranched alkanes of at least 4 members (excludes halogenated alkanes) is 34. The van der Waals surface area contributed by atoms with Crippen LogP contribution in [-0.2, 0) is 33.3 Å². The Hall–Kier alpha value is -4.83. The molecule has 0 aromatic heterocycles. The molecule has 9 nitrogen and oxygen atoms in total. The number of ether oxygens (including phenoxy) is 4. The van der Waals surface area contributed by atoms with E-state index in [1.165, 1.54) is 186 Å². The number of carbonyl (C=O) groups excluding carboxylic acids is 3. The first-order valence-electron chi connectivity index (χ1n) is 40.0. The molecule has 0 aliphatic carbocycles. The van der Waals surface area contributed by atoms with Crippen LogP contribution >= 0.6 is 0 Å². The summed E-state index contributed by atoms with van der Waals surface area (Å²) >= 11 is 0. The topological polar surface area (TPSA) is 111 Å². The molecule has 2 unspecified atom stereocenters. The Morgan fingerprint density at radius 1 is 0.320 bits per heavy atom. The smallest absolute Gasteiger partial charge is 0.306 e. The minimum atomic E-state index is -1.64. The summed E-state index contributed by atoms with van der Waals surface area (Å²) in [7, 11) is 5.92. The summed E-state index contributed by atoms with van der Waals surface area (Å²) in [6.07, 6.45) is 110. The molecule has 0 N–H and O–H groups in total. The molecule has 0 heterocycles. The molecule has 554 valence electrons. The molecule has 0 saturated heterocycles. The molecule has 0 spiro atoms. The van der Waals surface area contributed by atoms with Crippen LogP contribution in [0.3, 0.4) is 0 Å². The monoisotopic (exact) mass is 1350 g/mol. The van der Waals surface area contributed by atoms with E-state index in [2.05, 4.69) is 160 Å². The highest BCUT2D eigenvalue weighted by molar-refractivity contribution is 5.70. The molecule has 2 atom stereocenters. The Balaban J connectivity index is 4.11. The van der Waals surface area contributed by atoms with E-state index in [0.29, 0.717) is 17.4 Å². The van der Waals surface area contributed by atoms with Crippen molar-refractivity contribution >= 4 is 17.9 Å². The summed E-state index contributed by atoms with van der Waals surface area (Å²) in [5.41, 5.74) is 0. The van der Waals surface area contributed by atoms with Crippen molar-refractivity contribution in [2.75, 3.05) is 47.5 Å². The average molecular weight is 1350 g/mol. The number of hydrogen-bond donors (Lipinski definition) is 0. The van der Waals surface area contributed by atoms with Crippen molar-refractivity contribution in [3.63, 3.8) is 0 Å². The second kappa shape index (κ2) is 76.9. The Morgan fingerprint density at radius 2 is 0.588 bits per heavy atom. The Bertz CT molecular complexity index is 2110. The molecule has 0 saturated carbocycles. The molecule has 0 aliphatic heterocycles. The molecule has 0 fully saturated rings. The van der Waals surface area contributed by atoms with Crippen LogP contribution in [0.1, 0.15) is 335 Å². The lowest BCUT2D eigenvalue weighted by atomic mass is 10.0. The molecule has 0 aliphatic rings. The van der Waals surface area contributed by atoms with Gasteiger partial charge >= 0.3 is 11.9 Å². The number of likely N-dealkylation sites (N-methyl/N-ethyl adjacent to an activating group) is 1. The number of quaternary nitrogens is 1. The van der Waals surface area contributed by atoms with Gasteiger partial charge in [0.25, 0.3) is 0 Å². The minimum Gasteiger partial charge on any atom is -0.545 e. The lowest BCUT2D eigenvalue weighted by Gasteiger charge is -2.26. The van der Waals surface area contributed by atoms with Crippen molar-refractivity contribution in [1.82, 2.24) is 0 Å². The lowest BCUT2D eigenvalue weighted by molar-refractivity contribution is -0.870. The van der Waals surface area contributed by atoms with Gasteiger partial charge in [-0.3, -0.25) is 9.59 Å². The van der Waals surface area contributed by atoms with Crippen LogP contribution in [0.15, 0.2) is 146 Å². The Labute approximate surface area is 598 Å². The van der Waals surface area contributed by atoms with E-state index in [0.717, 1.165) is 116 Å². The number of esters is 2. The predicted octanol–water partition coefficient (Wildman–Crippen LogP) is 24.5. The van der Waals surface area contributed by atoms with Gasteiger partial charge in [0.05, 0.1) is 40.3 Å². The number of nitrogens with zero attached hydrogens (tertiary/aromatic N) is 1. The molecule has 0 rings (SSSR count). The fourth-order valence-corrected chi connectivity index (χ4v) is 11.0. The highest BCUT2D eigenvalue weighted by Crippen LogP contribution is 2.18. The number of carbonyl (C=O) groups is 3. The molecule has 9 heteroatoms. The zero-order valence-corrected chi connectivity index (χ0v) is 63.4. The molecular weight excluding hydrogens is 1200 g/mol. The highest BCUT2D eigenvalue weighted by atomic mass is 16.7. The van der Waals surface area contributed by atoms with E-state index in [1.807, 2.05) is 21.1 Å². The van der Waals surface area contributed by atoms with Crippen LogP contribution in [0.5, 0.6) is 0 Å². The van der Waals surface area contributed by atoms with Gasteiger partial charge in [0.15, 0.2) is 12.4 Å². The first-order valence-corrected chi connectivity index (χ1v) is 40.0. The molecule has 97 heavy (non-hydrogen) atoms. The van der Waals surface area contributed by atoms with Gasteiger partial charge in [0.1, 0.15) is 13.2 Å². The molecular formula is C88H149NO8. The minimum absolute atomic E-state index is 0.136. The Morgan fingerprint density at radius 3 is 0.876 bits per heavy atom. The van der Waals surface area contributed by atoms with E-state index < -0.39 is 24.3 Å². The standard InChI is InChI=1S/C88H149NO8/c1-6-8-10-12-14-16-18-20-22-24-26-28-30-32-34-36-38-40-42-43-45-46-48-50-52-54-56-58-60-62-64-66-68-70-72-74-76-78-85(90)95-82-84(83-96-88(87(92)93)94-81-80-89(3,4)5)97-86(91)79-77-75-73-71-69-67-65-63-61-59-57-55-53-51-49-47-44-41-39-37-35-33-31-29-27-25-23-21-19-17-15-13-11-9-7-2/h9,11,15,17-18,20-21,23-24,26-27,29,33,35,39,41,47,49,53,55,59,61,65,67,84,88H,6-8,10,12-14,16,19,22,25,28,30-32,34,36-38,40,42-46,48,50-52,54,56-58,60,62-64,66,68-83H2,1-5H3/b11-9-,17-15-,20-18-,23-21-,26-24-,29-27-,35-33-,41-39-,49-47-,55-53-,61-59-,67-65-. The second-order valence-corrected chi connectivity index (χ2v) is 27.6. The number of hydrogen-bond acceptors (Lipinski definition) is 8. The molecule has 0 aromatic carbocycles. The summed E-state index contributed by atoms with van der Waals surface area (Å²) in [4.78, 5) is 37.6. The van der Waals surface area contributed by atoms with Crippen molar-refractivity contribution < 1.29 is 42.9 Å². The number of carboxylic acids is 1. The van der Waals surface area contributed by atoms with Crippen molar-refractivity contribution in [2.45, 2.75) is 347 Å². The van der Waals surface area contributed by atoms with Crippen molar-refractivity contribution in [1.29, 1.82) is 0 Å². The van der Waals surface area contributed by atoms with Gasteiger partial charge in [-0.25, -0.2) is 0 Å². The van der Waals surface area contributed by atoms with Gasteiger partial charge in [0, 0.05) is 12.8 Å². The largest absolute Gasteiger partial charge is 0.545 e.